The molecule has 0 saturated heterocycles. The summed E-state index contributed by atoms with van der Waals surface area (Å²) < 4.78 is 4.92. The van der Waals surface area contributed by atoms with Gasteiger partial charge in [0.05, 0.1) is 28.1 Å². The van der Waals surface area contributed by atoms with Crippen LogP contribution in [0.2, 0.25) is 0 Å². The maximum atomic E-state index is 5.73. The summed E-state index contributed by atoms with van der Waals surface area (Å²) in [5.41, 5.74) is 22.9. The van der Waals surface area contributed by atoms with Gasteiger partial charge in [-0.2, -0.15) is 0 Å². The van der Waals surface area contributed by atoms with E-state index >= 15 is 0 Å². The molecule has 10 heteroatoms. The number of nitrogens with zero attached hydrogens (tertiary/aromatic N) is 8. The fourth-order valence-electron chi connectivity index (χ4n) is 14.6. The van der Waals surface area contributed by atoms with Crippen LogP contribution in [0.5, 0.6) is 0 Å². The summed E-state index contributed by atoms with van der Waals surface area (Å²) in [6.45, 7) is 0.0471. The lowest BCUT2D eigenvalue weighted by Gasteiger charge is -2.44. The lowest BCUT2D eigenvalue weighted by molar-refractivity contribution is 1.07. The first-order valence-electron chi connectivity index (χ1n) is 32.1. The first kappa shape index (κ1) is 54.4. The van der Waals surface area contributed by atoms with Crippen LogP contribution in [0, 0.1) is 0 Å². The predicted molar refractivity (Wildman–Crippen MR) is 395 cm³/mol. The first-order valence-corrected chi connectivity index (χ1v) is 32.9. The molecule has 0 bridgehead atoms. The molecule has 0 radical (unpaired) electrons. The molecule has 0 spiro atoms. The smallest absolute Gasteiger partial charge is 0.252 e. The Morgan fingerprint density at radius 3 is 1.48 bits per heavy atom. The van der Waals surface area contributed by atoms with Crippen molar-refractivity contribution in [3.63, 3.8) is 0 Å². The van der Waals surface area contributed by atoms with Crippen LogP contribution >= 0.6 is 11.3 Å². The Balaban J connectivity index is 0.793. The van der Waals surface area contributed by atoms with Gasteiger partial charge >= 0.3 is 0 Å². The van der Waals surface area contributed by atoms with Crippen LogP contribution in [0.1, 0.15) is 0 Å². The first-order chi connectivity index (χ1) is 47.1. The Hall–Kier alpha value is -12.4. The van der Waals surface area contributed by atoms with E-state index in [9.17, 15) is 0 Å². The molecule has 0 unspecified atom stereocenters. The fraction of sp³-hybridized carbons (Fsp3) is 0. The molecule has 8 nitrogen and oxygen atoms in total. The van der Waals surface area contributed by atoms with Crippen LogP contribution < -0.4 is 26.2 Å². The minimum atomic E-state index is 0.0471. The number of aromatic nitrogens is 6. The molecule has 0 amide bonds. The zero-order valence-electron chi connectivity index (χ0n) is 51.2. The van der Waals surface area contributed by atoms with Crippen LogP contribution in [0.4, 0.5) is 34.1 Å². The molecule has 19 rings (SSSR count). The van der Waals surface area contributed by atoms with E-state index < -0.39 is 0 Å². The minimum absolute atomic E-state index is 0.0471. The standard InChI is InChI=1S/C85H53BN8S/c1-5-24-54(25-6-1)69-53-70(59-32-21-30-57(50-59)58-31-22-35-62(51-58)93-74-42-19-16-39-68(74)86-67-38-15-18-41-73(67)92(61-33-11-4-12-34-61)76-43-23-44-77(93)80(76)86)88-85(87-69)66-52-60(84-90-82(55-26-7-2-8-27-55)89-83(91-84)56-28-9-3-10-29-56)46-48-72(66)94-71-40-17-13-37-65(71)79-75(94)49-47-64-63-36-14-20-45-78(63)95-81(64)79/h1-53H. The zero-order valence-corrected chi connectivity index (χ0v) is 52.0. The largest absolute Gasteiger partial charge is 0.311 e. The van der Waals surface area contributed by atoms with Crippen molar-refractivity contribution in [2.45, 2.75) is 0 Å². The van der Waals surface area contributed by atoms with Gasteiger partial charge in [-0.1, -0.05) is 224 Å². The highest BCUT2D eigenvalue weighted by molar-refractivity contribution is 7.26. The van der Waals surface area contributed by atoms with E-state index in [1.807, 2.05) is 72.0 Å². The second-order valence-corrected chi connectivity index (χ2v) is 25.3. The summed E-state index contributed by atoms with van der Waals surface area (Å²) in [5.74, 6) is 2.26. The predicted octanol–water partition coefficient (Wildman–Crippen LogP) is 19.9. The number of fused-ring (bicyclic) bond motifs is 11. The van der Waals surface area contributed by atoms with Gasteiger partial charge in [-0.15, -0.1) is 11.3 Å². The summed E-state index contributed by atoms with van der Waals surface area (Å²) in [4.78, 5) is 31.9. The van der Waals surface area contributed by atoms with E-state index in [0.717, 1.165) is 89.7 Å². The molecule has 0 fully saturated rings. The van der Waals surface area contributed by atoms with E-state index in [1.165, 1.54) is 64.4 Å². The van der Waals surface area contributed by atoms with Crippen molar-refractivity contribution in [2.75, 3.05) is 9.80 Å². The van der Waals surface area contributed by atoms with Gasteiger partial charge in [-0.25, -0.2) is 24.9 Å². The SMILES string of the molecule is c1ccc(-c2cc(-c3cccc(-c4cccc(N5c6ccccc6B6c7ccccc7N(c7ccccc7)c7cccc5c76)c4)c3)nc(-c3cc(-c4nc(-c5ccccc5)nc(-c5ccccc5)n4)ccc3-n3c4ccccc4c4c5sc6ccccc6c5ccc43)n2)cc1. The van der Waals surface area contributed by atoms with Crippen molar-refractivity contribution in [1.29, 1.82) is 0 Å². The molecular weight excluding hydrogens is 1180 g/mol. The van der Waals surface area contributed by atoms with Gasteiger partial charge in [0.15, 0.2) is 23.3 Å². The lowest BCUT2D eigenvalue weighted by Crippen LogP contribution is -2.61. The molecule has 0 N–H and O–H groups in total. The average Bonchev–Trinajstić information content (AvgIpc) is 1.36. The quantitative estimate of drug-likeness (QED) is 0.126. The molecule has 442 valence electrons. The van der Waals surface area contributed by atoms with Crippen molar-refractivity contribution in [2.24, 2.45) is 0 Å². The topological polar surface area (TPSA) is 75.9 Å². The van der Waals surface area contributed by atoms with Crippen molar-refractivity contribution >= 4 is 111 Å². The summed E-state index contributed by atoms with van der Waals surface area (Å²) in [6, 6.07) is 115. The third kappa shape index (κ3) is 9.02. The Bertz CT molecular complexity index is 5840. The van der Waals surface area contributed by atoms with Crippen LogP contribution in [0.3, 0.4) is 0 Å². The molecule has 13 aromatic carbocycles. The van der Waals surface area contributed by atoms with Gasteiger partial charge in [0.1, 0.15) is 0 Å². The molecule has 6 heterocycles. The van der Waals surface area contributed by atoms with Crippen LogP contribution in [0.25, 0.3) is 127 Å². The lowest BCUT2D eigenvalue weighted by atomic mass is 9.33. The van der Waals surface area contributed by atoms with Crippen molar-refractivity contribution in [1.82, 2.24) is 29.5 Å². The number of rotatable bonds is 10. The molecule has 0 aliphatic carbocycles. The average molecular weight is 1230 g/mol. The Morgan fingerprint density at radius 2 is 0.789 bits per heavy atom. The van der Waals surface area contributed by atoms with Gasteiger partial charge < -0.3 is 14.4 Å². The summed E-state index contributed by atoms with van der Waals surface area (Å²) >= 11 is 1.85. The van der Waals surface area contributed by atoms with Crippen LogP contribution in [0.15, 0.2) is 322 Å². The summed E-state index contributed by atoms with van der Waals surface area (Å²) in [5, 5.41) is 4.89. The number of benzene rings is 13. The highest BCUT2D eigenvalue weighted by Crippen LogP contribution is 2.47. The second-order valence-electron chi connectivity index (χ2n) is 24.3. The maximum absolute atomic E-state index is 5.73. The Labute approximate surface area is 552 Å². The molecule has 17 aromatic rings. The van der Waals surface area contributed by atoms with Gasteiger partial charge in [-0.05, 0) is 125 Å². The van der Waals surface area contributed by atoms with Gasteiger partial charge in [0.2, 0.25) is 0 Å². The third-order valence-corrected chi connectivity index (χ3v) is 20.0. The van der Waals surface area contributed by atoms with Crippen molar-refractivity contribution < 1.29 is 0 Å². The molecule has 0 saturated carbocycles. The third-order valence-electron chi connectivity index (χ3n) is 18.8. The number of hydrogen-bond acceptors (Lipinski definition) is 8. The summed E-state index contributed by atoms with van der Waals surface area (Å²) in [6.07, 6.45) is 0. The molecule has 0 atom stereocenters. The molecule has 95 heavy (non-hydrogen) atoms. The monoisotopic (exact) mass is 1230 g/mol. The molecule has 2 aliphatic rings. The van der Waals surface area contributed by atoms with Gasteiger partial charge in [0, 0.05) is 98.4 Å². The van der Waals surface area contributed by atoms with Crippen LogP contribution in [-0.2, 0) is 0 Å². The Kier molecular flexibility index (Phi) is 12.7. The van der Waals surface area contributed by atoms with Gasteiger partial charge in [0.25, 0.3) is 6.71 Å². The summed E-state index contributed by atoms with van der Waals surface area (Å²) in [7, 11) is 0. The van der Waals surface area contributed by atoms with Gasteiger partial charge in [-0.3, -0.25) is 0 Å². The van der Waals surface area contributed by atoms with E-state index in [0.29, 0.717) is 23.3 Å². The van der Waals surface area contributed by atoms with E-state index in [4.69, 9.17) is 24.9 Å². The molecule has 4 aromatic heterocycles. The normalized spacial score (nSPS) is 12.4. The number of thiophene rings is 1. The molecular formula is C85H53BN8S. The van der Waals surface area contributed by atoms with Crippen LogP contribution in [-0.4, -0.2) is 36.2 Å². The zero-order chi connectivity index (χ0) is 62.5. The van der Waals surface area contributed by atoms with Crippen molar-refractivity contribution in [3.8, 4) is 84.9 Å². The van der Waals surface area contributed by atoms with E-state index in [2.05, 4.69) is 275 Å². The molecule has 2 aliphatic heterocycles. The number of hydrogen-bond donors (Lipinski definition) is 0. The number of para-hydroxylation sites is 4. The van der Waals surface area contributed by atoms with Crippen molar-refractivity contribution in [3.05, 3.63) is 322 Å². The minimum Gasteiger partial charge on any atom is -0.311 e. The fourth-order valence-corrected chi connectivity index (χ4v) is 15.9. The Morgan fingerprint density at radius 1 is 0.284 bits per heavy atom. The maximum Gasteiger partial charge on any atom is 0.252 e. The van der Waals surface area contributed by atoms with E-state index in [-0.39, 0.29) is 6.71 Å². The highest BCUT2D eigenvalue weighted by atomic mass is 32.1. The highest BCUT2D eigenvalue weighted by Gasteiger charge is 2.43. The number of anilines is 6. The second kappa shape index (κ2) is 22.2. The van der Waals surface area contributed by atoms with E-state index in [1.54, 1.807) is 0 Å².